The van der Waals surface area contributed by atoms with E-state index in [0.717, 1.165) is 0 Å². The van der Waals surface area contributed by atoms with Gasteiger partial charge in [0.05, 0.1) is 17.8 Å². The minimum Gasteiger partial charge on any atom is -0.397 e. The summed E-state index contributed by atoms with van der Waals surface area (Å²) in [7, 11) is 1.59. The first-order valence-electron chi connectivity index (χ1n) is 4.52. The Kier molecular flexibility index (Phi) is 3.44. The van der Waals surface area contributed by atoms with Gasteiger partial charge in [0.25, 0.3) is 0 Å². The number of alkyl halides is 3. The smallest absolute Gasteiger partial charge is 0.390 e. The molecule has 5 heteroatoms. The van der Waals surface area contributed by atoms with E-state index in [1.807, 2.05) is 0 Å². The highest BCUT2D eigenvalue weighted by atomic mass is 19.4. The molecule has 1 aromatic carbocycles. The minimum absolute atomic E-state index is 0.0856. The van der Waals surface area contributed by atoms with Gasteiger partial charge in [0.1, 0.15) is 0 Å². The van der Waals surface area contributed by atoms with Crippen molar-refractivity contribution in [2.45, 2.75) is 12.6 Å². The van der Waals surface area contributed by atoms with Gasteiger partial charge in [0.2, 0.25) is 0 Å². The summed E-state index contributed by atoms with van der Waals surface area (Å²) >= 11 is 0. The highest BCUT2D eigenvalue weighted by Gasteiger charge is 2.27. The molecule has 1 aromatic rings. The molecule has 0 fully saturated rings. The summed E-state index contributed by atoms with van der Waals surface area (Å²) in [5.41, 5.74) is 6.75. The minimum atomic E-state index is -4.13. The molecular formula is C10H13F3N2. The second-order valence-electron chi connectivity index (χ2n) is 3.35. The first-order valence-corrected chi connectivity index (χ1v) is 4.52. The maximum Gasteiger partial charge on any atom is 0.390 e. The van der Waals surface area contributed by atoms with Crippen LogP contribution in [0.25, 0.3) is 0 Å². The molecule has 0 heterocycles. The number of rotatable bonds is 3. The third kappa shape index (κ3) is 3.69. The third-order valence-corrected chi connectivity index (χ3v) is 2.08. The Morgan fingerprint density at radius 2 is 1.87 bits per heavy atom. The van der Waals surface area contributed by atoms with E-state index in [1.165, 1.54) is 4.90 Å². The molecule has 15 heavy (non-hydrogen) atoms. The van der Waals surface area contributed by atoms with Crippen LogP contribution < -0.4 is 10.6 Å². The summed E-state index contributed by atoms with van der Waals surface area (Å²) in [5.74, 6) is 0. The van der Waals surface area contributed by atoms with Gasteiger partial charge in [-0.25, -0.2) is 0 Å². The molecule has 0 amide bonds. The lowest BCUT2D eigenvalue weighted by molar-refractivity contribution is -0.132. The maximum atomic E-state index is 12.0. The Hall–Kier alpha value is -1.39. The Morgan fingerprint density at radius 1 is 1.27 bits per heavy atom. The lowest BCUT2D eigenvalue weighted by Crippen LogP contribution is -2.24. The fourth-order valence-corrected chi connectivity index (χ4v) is 1.25. The van der Waals surface area contributed by atoms with Crippen LogP contribution in [0.4, 0.5) is 24.5 Å². The summed E-state index contributed by atoms with van der Waals surface area (Å²) in [6, 6.07) is 6.86. The van der Waals surface area contributed by atoms with Gasteiger partial charge in [0.15, 0.2) is 0 Å². The third-order valence-electron chi connectivity index (χ3n) is 2.08. The molecule has 2 nitrogen and oxygen atoms in total. The van der Waals surface area contributed by atoms with Gasteiger partial charge < -0.3 is 10.6 Å². The lowest BCUT2D eigenvalue weighted by Gasteiger charge is -2.21. The Labute approximate surface area is 86.5 Å². The van der Waals surface area contributed by atoms with Crippen molar-refractivity contribution in [2.75, 3.05) is 24.2 Å². The summed E-state index contributed by atoms with van der Waals surface area (Å²) in [6.45, 7) is -0.0856. The molecule has 0 aromatic heterocycles. The number of anilines is 2. The van der Waals surface area contributed by atoms with Crippen LogP contribution in [-0.2, 0) is 0 Å². The van der Waals surface area contributed by atoms with E-state index < -0.39 is 12.6 Å². The highest BCUT2D eigenvalue weighted by Crippen LogP contribution is 2.24. The maximum absolute atomic E-state index is 12.0. The molecule has 0 aliphatic heterocycles. The number of para-hydroxylation sites is 2. The van der Waals surface area contributed by atoms with Gasteiger partial charge in [-0.05, 0) is 12.1 Å². The molecule has 1 rings (SSSR count). The van der Waals surface area contributed by atoms with E-state index in [1.54, 1.807) is 31.3 Å². The zero-order chi connectivity index (χ0) is 11.5. The van der Waals surface area contributed by atoms with E-state index in [4.69, 9.17) is 5.73 Å². The quantitative estimate of drug-likeness (QED) is 0.790. The number of nitrogens with two attached hydrogens (primary N) is 1. The van der Waals surface area contributed by atoms with E-state index in [9.17, 15) is 13.2 Å². The normalized spacial score (nSPS) is 11.5. The number of nitrogen functional groups attached to an aromatic ring is 1. The summed E-state index contributed by atoms with van der Waals surface area (Å²) in [5, 5.41) is 0. The van der Waals surface area contributed by atoms with Crippen molar-refractivity contribution in [1.82, 2.24) is 0 Å². The Morgan fingerprint density at radius 3 is 2.40 bits per heavy atom. The van der Waals surface area contributed by atoms with Gasteiger partial charge in [-0.2, -0.15) is 13.2 Å². The van der Waals surface area contributed by atoms with Crippen LogP contribution in [0.15, 0.2) is 24.3 Å². The molecule has 84 valence electrons. The summed E-state index contributed by atoms with van der Waals surface area (Å²) in [6.07, 6.45) is -4.96. The molecule has 0 saturated heterocycles. The molecule has 0 bridgehead atoms. The second-order valence-corrected chi connectivity index (χ2v) is 3.35. The molecule has 0 atom stereocenters. The largest absolute Gasteiger partial charge is 0.397 e. The van der Waals surface area contributed by atoms with Crippen molar-refractivity contribution in [3.8, 4) is 0 Å². The van der Waals surface area contributed by atoms with Crippen LogP contribution in [-0.4, -0.2) is 19.8 Å². The van der Waals surface area contributed by atoms with Crippen molar-refractivity contribution in [1.29, 1.82) is 0 Å². The molecule has 0 aliphatic carbocycles. The fourth-order valence-electron chi connectivity index (χ4n) is 1.25. The van der Waals surface area contributed by atoms with Gasteiger partial charge in [-0.15, -0.1) is 0 Å². The van der Waals surface area contributed by atoms with Crippen molar-refractivity contribution in [3.63, 3.8) is 0 Å². The average Bonchev–Trinajstić information content (AvgIpc) is 2.14. The van der Waals surface area contributed by atoms with Gasteiger partial charge in [-0.3, -0.25) is 0 Å². The van der Waals surface area contributed by atoms with E-state index in [0.29, 0.717) is 11.4 Å². The molecule has 0 spiro atoms. The second kappa shape index (κ2) is 4.42. The van der Waals surface area contributed by atoms with Gasteiger partial charge in [0, 0.05) is 13.6 Å². The first kappa shape index (κ1) is 11.7. The van der Waals surface area contributed by atoms with Gasteiger partial charge >= 0.3 is 6.18 Å². The van der Waals surface area contributed by atoms with E-state index >= 15 is 0 Å². The van der Waals surface area contributed by atoms with Crippen molar-refractivity contribution in [3.05, 3.63) is 24.3 Å². The number of hydrogen-bond donors (Lipinski definition) is 1. The lowest BCUT2D eigenvalue weighted by atomic mass is 10.2. The zero-order valence-corrected chi connectivity index (χ0v) is 8.38. The molecule has 0 aliphatic rings. The fraction of sp³-hybridized carbons (Fsp3) is 0.400. The predicted octanol–water partition coefficient (Wildman–Crippen LogP) is 2.66. The van der Waals surface area contributed by atoms with Crippen LogP contribution >= 0.6 is 0 Å². The number of hydrogen-bond acceptors (Lipinski definition) is 2. The van der Waals surface area contributed by atoms with Crippen LogP contribution in [0.5, 0.6) is 0 Å². The highest BCUT2D eigenvalue weighted by molar-refractivity contribution is 5.66. The first-order chi connectivity index (χ1) is 6.90. The zero-order valence-electron chi connectivity index (χ0n) is 8.38. The van der Waals surface area contributed by atoms with Crippen LogP contribution in [0.2, 0.25) is 0 Å². The number of halogens is 3. The standard InChI is InChI=1S/C10H13F3N2/c1-15(7-6-10(11,12)13)9-5-3-2-4-8(9)14/h2-5H,6-7,14H2,1H3. The molecular weight excluding hydrogens is 205 g/mol. The van der Waals surface area contributed by atoms with Crippen molar-refractivity contribution in [2.24, 2.45) is 0 Å². The average molecular weight is 218 g/mol. The number of benzene rings is 1. The van der Waals surface area contributed by atoms with Crippen LogP contribution in [0, 0.1) is 0 Å². The molecule has 0 radical (unpaired) electrons. The SMILES string of the molecule is CN(CCC(F)(F)F)c1ccccc1N. The van der Waals surface area contributed by atoms with E-state index in [-0.39, 0.29) is 6.54 Å². The topological polar surface area (TPSA) is 29.3 Å². The van der Waals surface area contributed by atoms with Crippen LogP contribution in [0.3, 0.4) is 0 Å². The molecule has 0 unspecified atom stereocenters. The number of nitrogens with zero attached hydrogens (tertiary/aromatic N) is 1. The summed E-state index contributed by atoms with van der Waals surface area (Å²) < 4.78 is 35.9. The van der Waals surface area contributed by atoms with Crippen LogP contribution in [0.1, 0.15) is 6.42 Å². The van der Waals surface area contributed by atoms with Crippen molar-refractivity contribution >= 4 is 11.4 Å². The van der Waals surface area contributed by atoms with Gasteiger partial charge in [-0.1, -0.05) is 12.1 Å². The summed E-state index contributed by atoms with van der Waals surface area (Å²) in [4.78, 5) is 1.50. The van der Waals surface area contributed by atoms with Crippen molar-refractivity contribution < 1.29 is 13.2 Å². The Bertz CT molecular complexity index is 323. The predicted molar refractivity (Wildman–Crippen MR) is 54.8 cm³/mol. The Balaban J connectivity index is 2.62. The molecule has 0 saturated carbocycles. The molecule has 2 N–H and O–H groups in total. The monoisotopic (exact) mass is 218 g/mol. The van der Waals surface area contributed by atoms with E-state index in [2.05, 4.69) is 0 Å².